The van der Waals surface area contributed by atoms with E-state index in [1.165, 1.54) is 6.20 Å². The fourth-order valence-corrected chi connectivity index (χ4v) is 2.34. The number of anilines is 3. The summed E-state index contributed by atoms with van der Waals surface area (Å²) in [4.78, 5) is 8.23. The minimum atomic E-state index is 0.434. The van der Waals surface area contributed by atoms with E-state index in [1.807, 2.05) is 18.2 Å². The Morgan fingerprint density at radius 2 is 2.00 bits per heavy atom. The zero-order valence-electron chi connectivity index (χ0n) is 9.34. The van der Waals surface area contributed by atoms with E-state index < -0.39 is 0 Å². The van der Waals surface area contributed by atoms with Gasteiger partial charge in [-0.1, -0.05) is 23.2 Å². The molecule has 0 spiro atoms. The first kappa shape index (κ1) is 13.6. The molecule has 7 heteroatoms. The molecule has 0 aliphatic heterocycles. The third kappa shape index (κ3) is 3.15. The normalized spacial score (nSPS) is 10.2. The maximum atomic E-state index is 6.14. The van der Waals surface area contributed by atoms with Gasteiger partial charge in [-0.15, -0.1) is 0 Å². The van der Waals surface area contributed by atoms with Crippen LogP contribution in [0.15, 0.2) is 24.4 Å². The molecule has 2 rings (SSSR count). The molecule has 0 aliphatic rings. The summed E-state index contributed by atoms with van der Waals surface area (Å²) >= 11 is 14.4. The third-order valence-electron chi connectivity index (χ3n) is 2.15. The van der Waals surface area contributed by atoms with Crippen molar-refractivity contribution in [2.75, 3.05) is 17.7 Å². The lowest BCUT2D eigenvalue weighted by Gasteiger charge is -2.10. The van der Waals surface area contributed by atoms with Crippen LogP contribution in [0.25, 0.3) is 0 Å². The van der Waals surface area contributed by atoms with Crippen molar-refractivity contribution in [2.24, 2.45) is 0 Å². The van der Waals surface area contributed by atoms with Gasteiger partial charge in [0.05, 0.1) is 16.9 Å². The van der Waals surface area contributed by atoms with Gasteiger partial charge in [0, 0.05) is 10.6 Å². The number of aromatic nitrogens is 2. The number of hydrogen-bond donors (Lipinski definition) is 2. The summed E-state index contributed by atoms with van der Waals surface area (Å²) in [5.41, 5.74) is 0.750. The molecule has 2 N–H and O–H groups in total. The summed E-state index contributed by atoms with van der Waals surface area (Å²) in [6, 6.07) is 5.68. The average molecular weight is 395 g/mol. The predicted molar refractivity (Wildman–Crippen MR) is 84.0 cm³/mol. The number of nitrogens with one attached hydrogen (secondary N) is 2. The van der Waals surface area contributed by atoms with Crippen molar-refractivity contribution in [1.29, 1.82) is 0 Å². The molecule has 0 amide bonds. The Morgan fingerprint density at radius 1 is 1.22 bits per heavy atom. The molecule has 0 unspecified atom stereocenters. The van der Waals surface area contributed by atoms with Gasteiger partial charge in [0.25, 0.3) is 0 Å². The number of nitrogens with zero attached hydrogens (tertiary/aromatic N) is 2. The van der Waals surface area contributed by atoms with E-state index in [0.29, 0.717) is 21.8 Å². The lowest BCUT2D eigenvalue weighted by molar-refractivity contribution is 1.15. The van der Waals surface area contributed by atoms with Crippen LogP contribution < -0.4 is 10.6 Å². The van der Waals surface area contributed by atoms with E-state index in [0.717, 1.165) is 9.26 Å². The SMILES string of the molecule is CNc1ncc(Cl)c(Nc2ccc(I)cc2Cl)n1. The highest BCUT2D eigenvalue weighted by Crippen LogP contribution is 2.29. The smallest absolute Gasteiger partial charge is 0.224 e. The van der Waals surface area contributed by atoms with Crippen molar-refractivity contribution in [3.8, 4) is 0 Å². The lowest BCUT2D eigenvalue weighted by Crippen LogP contribution is -2.01. The fourth-order valence-electron chi connectivity index (χ4n) is 1.29. The molecular weight excluding hydrogens is 386 g/mol. The fraction of sp³-hybridized carbons (Fsp3) is 0.0909. The molecule has 1 heterocycles. The van der Waals surface area contributed by atoms with Crippen LogP contribution in [0.4, 0.5) is 17.5 Å². The van der Waals surface area contributed by atoms with Gasteiger partial charge in [0.1, 0.15) is 5.02 Å². The number of halogens is 3. The van der Waals surface area contributed by atoms with Gasteiger partial charge in [-0.25, -0.2) is 4.98 Å². The van der Waals surface area contributed by atoms with Crippen LogP contribution >= 0.6 is 45.8 Å². The first-order chi connectivity index (χ1) is 8.60. The second-order valence-corrected chi connectivity index (χ2v) is 5.45. The van der Waals surface area contributed by atoms with Crippen LogP contribution in [0.3, 0.4) is 0 Å². The highest BCUT2D eigenvalue weighted by Gasteiger charge is 2.07. The highest BCUT2D eigenvalue weighted by molar-refractivity contribution is 14.1. The van der Waals surface area contributed by atoms with Crippen LogP contribution in [0.1, 0.15) is 0 Å². The first-order valence-corrected chi connectivity index (χ1v) is 6.86. The van der Waals surface area contributed by atoms with Crippen molar-refractivity contribution < 1.29 is 0 Å². The molecule has 0 fully saturated rings. The van der Waals surface area contributed by atoms with Gasteiger partial charge in [-0.3, -0.25) is 0 Å². The van der Waals surface area contributed by atoms with E-state index in [-0.39, 0.29) is 0 Å². The number of benzene rings is 1. The van der Waals surface area contributed by atoms with E-state index in [4.69, 9.17) is 23.2 Å². The molecule has 94 valence electrons. The van der Waals surface area contributed by atoms with Gasteiger partial charge in [-0.2, -0.15) is 4.98 Å². The molecule has 1 aromatic heterocycles. The molecule has 18 heavy (non-hydrogen) atoms. The minimum absolute atomic E-state index is 0.434. The molecule has 0 atom stereocenters. The first-order valence-electron chi connectivity index (χ1n) is 5.02. The second kappa shape index (κ2) is 5.90. The Hall–Kier alpha value is -0.790. The minimum Gasteiger partial charge on any atom is -0.357 e. The summed E-state index contributed by atoms with van der Waals surface area (Å²) in [6.45, 7) is 0. The van der Waals surface area contributed by atoms with Crippen molar-refractivity contribution in [3.05, 3.63) is 38.0 Å². The summed E-state index contributed by atoms with van der Waals surface area (Å²) in [5.74, 6) is 1.00. The van der Waals surface area contributed by atoms with Crippen LogP contribution in [-0.2, 0) is 0 Å². The summed E-state index contributed by atoms with van der Waals surface area (Å²) in [6.07, 6.45) is 1.53. The standard InChI is InChI=1S/C11H9Cl2IN4/c1-15-11-16-5-8(13)10(18-11)17-9-3-2-6(14)4-7(9)12/h2-5H,1H3,(H2,15,16,17,18). The maximum Gasteiger partial charge on any atom is 0.224 e. The molecule has 0 bridgehead atoms. The molecule has 0 saturated carbocycles. The van der Waals surface area contributed by atoms with Gasteiger partial charge >= 0.3 is 0 Å². The second-order valence-electron chi connectivity index (χ2n) is 3.39. The predicted octanol–water partition coefficient (Wildman–Crippen LogP) is 4.17. The summed E-state index contributed by atoms with van der Waals surface area (Å²) < 4.78 is 1.06. The van der Waals surface area contributed by atoms with Crippen molar-refractivity contribution in [2.45, 2.75) is 0 Å². The van der Waals surface area contributed by atoms with Crippen LogP contribution in [0.5, 0.6) is 0 Å². The van der Waals surface area contributed by atoms with E-state index in [1.54, 1.807) is 7.05 Å². The Morgan fingerprint density at radius 3 is 2.67 bits per heavy atom. The lowest BCUT2D eigenvalue weighted by atomic mass is 10.3. The van der Waals surface area contributed by atoms with Crippen LogP contribution in [0, 0.1) is 3.57 Å². The van der Waals surface area contributed by atoms with Crippen molar-refractivity contribution >= 4 is 63.2 Å². The number of hydrogen-bond acceptors (Lipinski definition) is 4. The van der Waals surface area contributed by atoms with Crippen molar-refractivity contribution in [3.63, 3.8) is 0 Å². The number of rotatable bonds is 3. The molecule has 0 radical (unpaired) electrons. The highest BCUT2D eigenvalue weighted by atomic mass is 127. The van der Waals surface area contributed by atoms with E-state index >= 15 is 0 Å². The monoisotopic (exact) mass is 394 g/mol. The van der Waals surface area contributed by atoms with Gasteiger partial charge < -0.3 is 10.6 Å². The Labute approximate surface area is 128 Å². The topological polar surface area (TPSA) is 49.8 Å². The maximum absolute atomic E-state index is 6.14. The third-order valence-corrected chi connectivity index (χ3v) is 3.41. The van der Waals surface area contributed by atoms with Gasteiger partial charge in [-0.05, 0) is 40.8 Å². The zero-order chi connectivity index (χ0) is 13.1. The molecule has 4 nitrogen and oxygen atoms in total. The van der Waals surface area contributed by atoms with Crippen molar-refractivity contribution in [1.82, 2.24) is 9.97 Å². The average Bonchev–Trinajstić information content (AvgIpc) is 2.35. The van der Waals surface area contributed by atoms with E-state index in [2.05, 4.69) is 43.2 Å². The quantitative estimate of drug-likeness (QED) is 0.767. The Kier molecular flexibility index (Phi) is 4.47. The molecule has 0 aliphatic carbocycles. The van der Waals surface area contributed by atoms with Gasteiger partial charge in [0.2, 0.25) is 5.95 Å². The molecule has 2 aromatic rings. The van der Waals surface area contributed by atoms with Crippen LogP contribution in [0.2, 0.25) is 10.0 Å². The summed E-state index contributed by atoms with van der Waals surface area (Å²) in [7, 11) is 1.74. The van der Waals surface area contributed by atoms with Gasteiger partial charge in [0.15, 0.2) is 5.82 Å². The molecule has 0 saturated heterocycles. The Bertz CT molecular complexity index is 577. The molecular formula is C11H9Cl2IN4. The molecule has 1 aromatic carbocycles. The summed E-state index contributed by atoms with van der Waals surface area (Å²) in [5, 5.41) is 6.98. The zero-order valence-corrected chi connectivity index (χ0v) is 13.0. The van der Waals surface area contributed by atoms with Crippen LogP contribution in [-0.4, -0.2) is 17.0 Å². The largest absolute Gasteiger partial charge is 0.357 e. The van der Waals surface area contributed by atoms with E-state index in [9.17, 15) is 0 Å². The Balaban J connectivity index is 2.33.